The van der Waals surface area contributed by atoms with Crippen molar-refractivity contribution in [1.29, 1.82) is 0 Å². The molecule has 0 atom stereocenters. The second kappa shape index (κ2) is 5.19. The van der Waals surface area contributed by atoms with E-state index >= 15 is 0 Å². The van der Waals surface area contributed by atoms with E-state index in [4.69, 9.17) is 5.73 Å². The maximum Gasteiger partial charge on any atom is 0.0154 e. The lowest BCUT2D eigenvalue weighted by Gasteiger charge is -2.21. The fourth-order valence-electron chi connectivity index (χ4n) is 1.61. The third kappa shape index (κ3) is 3.42. The van der Waals surface area contributed by atoms with E-state index in [9.17, 15) is 0 Å². The second-order valence-corrected chi connectivity index (χ2v) is 3.17. The van der Waals surface area contributed by atoms with Crippen molar-refractivity contribution >= 4 is 0 Å². The van der Waals surface area contributed by atoms with Crippen LogP contribution in [0.5, 0.6) is 0 Å². The van der Waals surface area contributed by atoms with Gasteiger partial charge in [0.15, 0.2) is 0 Å². The minimum Gasteiger partial charge on any atom is -0.405 e. The van der Waals surface area contributed by atoms with Crippen LogP contribution < -0.4 is 11.1 Å². The molecule has 1 aliphatic rings. The van der Waals surface area contributed by atoms with E-state index < -0.39 is 0 Å². The lowest BCUT2D eigenvalue weighted by Crippen LogP contribution is -2.31. The molecule has 0 radical (unpaired) electrons. The smallest absolute Gasteiger partial charge is 0.0154 e. The van der Waals surface area contributed by atoms with Crippen molar-refractivity contribution < 1.29 is 0 Å². The molecule has 1 rings (SSSR count). The molecule has 2 nitrogen and oxygen atoms in total. The molecular weight excluding hydrogens is 136 g/mol. The maximum atomic E-state index is 5.22. The highest BCUT2D eigenvalue weighted by atomic mass is 14.9. The third-order valence-corrected chi connectivity index (χ3v) is 2.27. The Morgan fingerprint density at radius 1 is 1.27 bits per heavy atom. The van der Waals surface area contributed by atoms with E-state index in [-0.39, 0.29) is 0 Å². The van der Waals surface area contributed by atoms with Crippen molar-refractivity contribution in [3.8, 4) is 0 Å². The number of rotatable bonds is 3. The fraction of sp³-hybridized carbons (Fsp3) is 0.778. The molecule has 11 heavy (non-hydrogen) atoms. The average Bonchev–Trinajstić information content (AvgIpc) is 2.07. The molecule has 1 fully saturated rings. The zero-order valence-corrected chi connectivity index (χ0v) is 7.05. The van der Waals surface area contributed by atoms with Crippen molar-refractivity contribution in [3.05, 3.63) is 12.3 Å². The van der Waals surface area contributed by atoms with Crippen LogP contribution in [0.15, 0.2) is 12.3 Å². The first-order chi connectivity index (χ1) is 5.43. The predicted octanol–water partition coefficient (Wildman–Crippen LogP) is 1.38. The first-order valence-corrected chi connectivity index (χ1v) is 4.53. The Labute approximate surface area is 68.9 Å². The van der Waals surface area contributed by atoms with E-state index in [2.05, 4.69) is 5.32 Å². The molecule has 0 amide bonds. The monoisotopic (exact) mass is 154 g/mol. The van der Waals surface area contributed by atoms with Gasteiger partial charge in [-0.1, -0.05) is 25.3 Å². The van der Waals surface area contributed by atoms with Crippen LogP contribution in [0.2, 0.25) is 0 Å². The van der Waals surface area contributed by atoms with E-state index in [0.717, 1.165) is 12.6 Å². The number of nitrogens with two attached hydrogens (primary N) is 1. The summed E-state index contributed by atoms with van der Waals surface area (Å²) in [7, 11) is 0. The normalized spacial score (nSPS) is 21.1. The van der Waals surface area contributed by atoms with Gasteiger partial charge in [0.05, 0.1) is 0 Å². The third-order valence-electron chi connectivity index (χ3n) is 2.27. The summed E-state index contributed by atoms with van der Waals surface area (Å²) in [4.78, 5) is 0. The summed E-state index contributed by atoms with van der Waals surface area (Å²) in [6.45, 7) is 0.932. The van der Waals surface area contributed by atoms with Gasteiger partial charge in [-0.25, -0.2) is 0 Å². The van der Waals surface area contributed by atoms with Crippen molar-refractivity contribution in [2.45, 2.75) is 38.1 Å². The van der Waals surface area contributed by atoms with Gasteiger partial charge in [-0.15, -0.1) is 0 Å². The van der Waals surface area contributed by atoms with Crippen molar-refractivity contribution in [1.82, 2.24) is 5.32 Å². The second-order valence-electron chi connectivity index (χ2n) is 3.17. The van der Waals surface area contributed by atoms with E-state index in [1.54, 1.807) is 6.20 Å². The minimum atomic E-state index is 0.750. The Balaban J connectivity index is 2.04. The van der Waals surface area contributed by atoms with Crippen LogP contribution in [0.4, 0.5) is 0 Å². The van der Waals surface area contributed by atoms with E-state index in [0.29, 0.717) is 0 Å². The van der Waals surface area contributed by atoms with Crippen LogP contribution in [0.1, 0.15) is 32.1 Å². The molecule has 1 aliphatic carbocycles. The summed E-state index contributed by atoms with van der Waals surface area (Å²) in [6.07, 6.45) is 10.5. The van der Waals surface area contributed by atoms with Crippen LogP contribution in [0.25, 0.3) is 0 Å². The number of hydrogen-bond donors (Lipinski definition) is 2. The van der Waals surface area contributed by atoms with Crippen molar-refractivity contribution in [2.24, 2.45) is 5.73 Å². The first-order valence-electron chi connectivity index (χ1n) is 4.53. The molecule has 0 heterocycles. The summed E-state index contributed by atoms with van der Waals surface area (Å²) in [5.74, 6) is 0. The predicted molar refractivity (Wildman–Crippen MR) is 48.2 cm³/mol. The highest BCUT2D eigenvalue weighted by Gasteiger charge is 2.10. The van der Waals surface area contributed by atoms with Gasteiger partial charge in [0.25, 0.3) is 0 Å². The molecule has 0 aliphatic heterocycles. The molecule has 0 saturated heterocycles. The van der Waals surface area contributed by atoms with Gasteiger partial charge >= 0.3 is 0 Å². The van der Waals surface area contributed by atoms with E-state index in [1.807, 2.05) is 6.08 Å². The van der Waals surface area contributed by atoms with Crippen molar-refractivity contribution in [2.75, 3.05) is 6.54 Å². The molecule has 0 spiro atoms. The molecule has 64 valence electrons. The summed E-state index contributed by atoms with van der Waals surface area (Å²) in [6, 6.07) is 0.750. The molecule has 0 aromatic heterocycles. The lowest BCUT2D eigenvalue weighted by atomic mass is 9.96. The number of hydrogen-bond acceptors (Lipinski definition) is 2. The lowest BCUT2D eigenvalue weighted by molar-refractivity contribution is 0.385. The van der Waals surface area contributed by atoms with Crippen molar-refractivity contribution in [3.63, 3.8) is 0 Å². The molecule has 0 aromatic rings. The SMILES string of the molecule is NC=CCNC1CCCCC1. The van der Waals surface area contributed by atoms with Gasteiger partial charge in [0.1, 0.15) is 0 Å². The first kappa shape index (κ1) is 8.60. The summed E-state index contributed by atoms with van der Waals surface area (Å²) < 4.78 is 0. The van der Waals surface area contributed by atoms with E-state index in [1.165, 1.54) is 32.1 Å². The van der Waals surface area contributed by atoms with Gasteiger partial charge in [0, 0.05) is 12.6 Å². The summed E-state index contributed by atoms with van der Waals surface area (Å²) in [5.41, 5.74) is 5.22. The van der Waals surface area contributed by atoms with Gasteiger partial charge in [-0.2, -0.15) is 0 Å². The Hall–Kier alpha value is -0.500. The minimum absolute atomic E-state index is 0.750. The molecule has 0 aromatic carbocycles. The molecule has 3 N–H and O–H groups in total. The van der Waals surface area contributed by atoms with Crippen LogP contribution in [0, 0.1) is 0 Å². The van der Waals surface area contributed by atoms with Crippen LogP contribution in [-0.2, 0) is 0 Å². The fourth-order valence-corrected chi connectivity index (χ4v) is 1.61. The largest absolute Gasteiger partial charge is 0.405 e. The highest BCUT2D eigenvalue weighted by Crippen LogP contribution is 2.16. The Kier molecular flexibility index (Phi) is 4.06. The summed E-state index contributed by atoms with van der Waals surface area (Å²) >= 11 is 0. The zero-order valence-electron chi connectivity index (χ0n) is 7.05. The van der Waals surface area contributed by atoms with Gasteiger partial charge in [0.2, 0.25) is 0 Å². The number of nitrogens with one attached hydrogen (secondary N) is 1. The van der Waals surface area contributed by atoms with Gasteiger partial charge in [-0.05, 0) is 19.0 Å². The van der Waals surface area contributed by atoms with Crippen LogP contribution in [-0.4, -0.2) is 12.6 Å². The summed E-state index contributed by atoms with van der Waals surface area (Å²) in [5, 5.41) is 3.46. The average molecular weight is 154 g/mol. The van der Waals surface area contributed by atoms with Crippen LogP contribution >= 0.6 is 0 Å². The topological polar surface area (TPSA) is 38.0 Å². The molecule has 0 unspecified atom stereocenters. The Bertz CT molecular complexity index is 115. The molecule has 0 bridgehead atoms. The molecular formula is C9H18N2. The quantitative estimate of drug-likeness (QED) is 0.644. The molecule has 1 saturated carbocycles. The Morgan fingerprint density at radius 3 is 2.64 bits per heavy atom. The van der Waals surface area contributed by atoms with Crippen LogP contribution in [0.3, 0.4) is 0 Å². The maximum absolute atomic E-state index is 5.22. The van der Waals surface area contributed by atoms with Gasteiger partial charge in [-0.3, -0.25) is 0 Å². The zero-order chi connectivity index (χ0) is 7.94. The van der Waals surface area contributed by atoms with Gasteiger partial charge < -0.3 is 11.1 Å². The molecule has 2 heteroatoms. The highest BCUT2D eigenvalue weighted by molar-refractivity contribution is 4.81. The standard InChI is InChI=1S/C9H18N2/c10-7-4-8-11-9-5-2-1-3-6-9/h4,7,9,11H,1-3,5-6,8,10H2. The Morgan fingerprint density at radius 2 is 2.00 bits per heavy atom.